The second-order valence-corrected chi connectivity index (χ2v) is 7.07. The second-order valence-electron chi connectivity index (χ2n) is 5.26. The molecule has 0 radical (unpaired) electrons. The van der Waals surface area contributed by atoms with Gasteiger partial charge in [-0.2, -0.15) is 17.4 Å². The molecular formula is C15H24N2O4S. The predicted octanol–water partition coefficient (Wildman–Crippen LogP) is 1.64. The van der Waals surface area contributed by atoms with Crippen LogP contribution in [-0.4, -0.2) is 43.4 Å². The molecule has 0 aliphatic heterocycles. The van der Waals surface area contributed by atoms with Crippen molar-refractivity contribution in [2.45, 2.75) is 38.6 Å². The number of carboxylic acid groups (broad SMARTS) is 1. The van der Waals surface area contributed by atoms with E-state index in [1.807, 2.05) is 37.3 Å². The van der Waals surface area contributed by atoms with Gasteiger partial charge in [0.1, 0.15) is 0 Å². The zero-order chi connectivity index (χ0) is 16.6. The molecule has 0 amide bonds. The number of carbonyl (C=O) groups is 1. The van der Waals surface area contributed by atoms with E-state index in [1.54, 1.807) is 0 Å². The van der Waals surface area contributed by atoms with Crippen molar-refractivity contribution in [1.29, 1.82) is 0 Å². The van der Waals surface area contributed by atoms with Gasteiger partial charge in [0.05, 0.1) is 0 Å². The van der Waals surface area contributed by atoms with Gasteiger partial charge in [-0.1, -0.05) is 37.3 Å². The molecule has 0 bridgehead atoms. The fraction of sp³-hybridized carbons (Fsp3) is 0.533. The van der Waals surface area contributed by atoms with Crippen LogP contribution in [0, 0.1) is 0 Å². The van der Waals surface area contributed by atoms with Crippen molar-refractivity contribution in [3.8, 4) is 0 Å². The summed E-state index contributed by atoms with van der Waals surface area (Å²) in [5, 5.41) is 8.83. The highest BCUT2D eigenvalue weighted by Gasteiger charge is 2.22. The van der Waals surface area contributed by atoms with Crippen LogP contribution in [0.1, 0.15) is 31.7 Å². The van der Waals surface area contributed by atoms with Crippen LogP contribution in [0.2, 0.25) is 0 Å². The van der Waals surface area contributed by atoms with Crippen LogP contribution in [-0.2, 0) is 21.4 Å². The lowest BCUT2D eigenvalue weighted by Crippen LogP contribution is -2.45. The van der Waals surface area contributed by atoms with E-state index < -0.39 is 22.2 Å². The number of nitrogens with one attached hydrogen (secondary N) is 1. The molecule has 0 aromatic heterocycles. The summed E-state index contributed by atoms with van der Waals surface area (Å²) in [6.07, 6.45) is 1.37. The molecule has 0 fully saturated rings. The van der Waals surface area contributed by atoms with Gasteiger partial charge in [-0.25, -0.2) is 0 Å². The summed E-state index contributed by atoms with van der Waals surface area (Å²) in [6.45, 7) is 2.32. The van der Waals surface area contributed by atoms with Crippen molar-refractivity contribution in [1.82, 2.24) is 9.03 Å². The largest absolute Gasteiger partial charge is 0.481 e. The van der Waals surface area contributed by atoms with Crippen LogP contribution in [0.4, 0.5) is 0 Å². The van der Waals surface area contributed by atoms with E-state index in [0.717, 1.165) is 12.0 Å². The molecule has 1 aromatic rings. The van der Waals surface area contributed by atoms with Gasteiger partial charge in [-0.15, -0.1) is 0 Å². The van der Waals surface area contributed by atoms with Gasteiger partial charge >= 0.3 is 5.97 Å². The van der Waals surface area contributed by atoms with Crippen molar-refractivity contribution in [3.63, 3.8) is 0 Å². The van der Waals surface area contributed by atoms with Crippen LogP contribution in [0.25, 0.3) is 0 Å². The molecule has 0 saturated carbocycles. The van der Waals surface area contributed by atoms with E-state index >= 15 is 0 Å². The number of rotatable bonds is 10. The predicted molar refractivity (Wildman–Crippen MR) is 85.8 cm³/mol. The van der Waals surface area contributed by atoms with Gasteiger partial charge < -0.3 is 5.11 Å². The summed E-state index contributed by atoms with van der Waals surface area (Å²) < 4.78 is 28.3. The molecule has 0 heterocycles. The lowest BCUT2D eigenvalue weighted by atomic mass is 10.0. The minimum atomic E-state index is -3.60. The molecule has 1 aromatic carbocycles. The average molecular weight is 328 g/mol. The number of hydrogen-bond acceptors (Lipinski definition) is 3. The van der Waals surface area contributed by atoms with Crippen LogP contribution in [0.15, 0.2) is 30.3 Å². The van der Waals surface area contributed by atoms with Crippen LogP contribution in [0.3, 0.4) is 0 Å². The molecule has 7 heteroatoms. The Balaban J connectivity index is 2.79. The molecule has 1 atom stereocenters. The molecule has 22 heavy (non-hydrogen) atoms. The third kappa shape index (κ3) is 6.55. The highest BCUT2D eigenvalue weighted by atomic mass is 32.2. The first-order chi connectivity index (χ1) is 10.3. The summed E-state index contributed by atoms with van der Waals surface area (Å²) in [5.74, 6) is -0.931. The van der Waals surface area contributed by atoms with Crippen LogP contribution >= 0.6 is 0 Å². The van der Waals surface area contributed by atoms with Gasteiger partial charge in [-0.3, -0.25) is 4.79 Å². The third-order valence-electron chi connectivity index (χ3n) is 3.30. The average Bonchev–Trinajstić information content (AvgIpc) is 2.46. The summed E-state index contributed by atoms with van der Waals surface area (Å²) in [4.78, 5) is 10.8. The van der Waals surface area contributed by atoms with Gasteiger partial charge in [0.25, 0.3) is 10.2 Å². The molecule has 124 valence electrons. The zero-order valence-corrected chi connectivity index (χ0v) is 13.8. The Labute approximate surface area is 132 Å². The smallest absolute Gasteiger partial charge is 0.303 e. The van der Waals surface area contributed by atoms with Crippen molar-refractivity contribution in [3.05, 3.63) is 35.9 Å². The van der Waals surface area contributed by atoms with Gasteiger partial charge in [0, 0.05) is 26.1 Å². The highest BCUT2D eigenvalue weighted by Crippen LogP contribution is 2.10. The SMILES string of the molecule is CCCN(C)S(=O)(=O)NC(CCC(=O)O)Cc1ccccc1. The standard InChI is InChI=1S/C15H24N2O4S/c1-3-11-17(2)22(20,21)16-14(9-10-15(18)19)12-13-7-5-4-6-8-13/h4-8,14,16H,3,9-12H2,1-2H3,(H,18,19). The number of benzene rings is 1. The highest BCUT2D eigenvalue weighted by molar-refractivity contribution is 7.87. The molecule has 2 N–H and O–H groups in total. The summed E-state index contributed by atoms with van der Waals surface area (Å²) >= 11 is 0. The Bertz CT molecular complexity index is 560. The first kappa shape index (κ1) is 18.6. The van der Waals surface area contributed by atoms with Crippen molar-refractivity contribution in [2.24, 2.45) is 0 Å². The third-order valence-corrected chi connectivity index (χ3v) is 4.93. The molecule has 0 aliphatic rings. The van der Waals surface area contributed by atoms with Crippen molar-refractivity contribution >= 4 is 16.2 Å². The Kier molecular flexibility index (Phi) is 7.50. The summed E-state index contributed by atoms with van der Waals surface area (Å²) in [5.41, 5.74) is 0.971. The topological polar surface area (TPSA) is 86.7 Å². The minimum absolute atomic E-state index is 0.0719. The molecule has 0 spiro atoms. The zero-order valence-electron chi connectivity index (χ0n) is 13.0. The maximum absolute atomic E-state index is 12.2. The van der Waals surface area contributed by atoms with Gasteiger partial charge in [-0.05, 0) is 24.8 Å². The number of aliphatic carboxylic acids is 1. The second kappa shape index (κ2) is 8.87. The number of nitrogens with zero attached hydrogens (tertiary/aromatic N) is 1. The molecular weight excluding hydrogens is 304 g/mol. The lowest BCUT2D eigenvalue weighted by molar-refractivity contribution is -0.137. The fourth-order valence-electron chi connectivity index (χ4n) is 2.13. The Morgan fingerprint density at radius 2 is 1.95 bits per heavy atom. The summed E-state index contributed by atoms with van der Waals surface area (Å²) in [6, 6.07) is 9.00. The normalized spacial score (nSPS) is 13.2. The van der Waals surface area contributed by atoms with Crippen molar-refractivity contribution < 1.29 is 18.3 Å². The van der Waals surface area contributed by atoms with E-state index in [2.05, 4.69) is 4.72 Å². The molecule has 0 saturated heterocycles. The molecule has 1 rings (SSSR count). The fourth-order valence-corrected chi connectivity index (χ4v) is 3.36. The van der Waals surface area contributed by atoms with Gasteiger partial charge in [0.2, 0.25) is 0 Å². The first-order valence-corrected chi connectivity index (χ1v) is 8.78. The van der Waals surface area contributed by atoms with E-state index in [9.17, 15) is 13.2 Å². The summed E-state index contributed by atoms with van der Waals surface area (Å²) in [7, 11) is -2.08. The quantitative estimate of drug-likeness (QED) is 0.683. The van der Waals surface area contributed by atoms with Crippen LogP contribution < -0.4 is 4.72 Å². The van der Waals surface area contributed by atoms with Crippen LogP contribution in [0.5, 0.6) is 0 Å². The molecule has 0 aliphatic carbocycles. The van der Waals surface area contributed by atoms with E-state index in [-0.39, 0.29) is 12.8 Å². The van der Waals surface area contributed by atoms with E-state index in [1.165, 1.54) is 11.4 Å². The number of carboxylic acids is 1. The van der Waals surface area contributed by atoms with Crippen molar-refractivity contribution in [2.75, 3.05) is 13.6 Å². The maximum Gasteiger partial charge on any atom is 0.303 e. The first-order valence-electron chi connectivity index (χ1n) is 7.34. The monoisotopic (exact) mass is 328 g/mol. The minimum Gasteiger partial charge on any atom is -0.481 e. The Hall–Kier alpha value is -1.44. The molecule has 6 nitrogen and oxygen atoms in total. The van der Waals surface area contributed by atoms with E-state index in [4.69, 9.17) is 5.11 Å². The maximum atomic E-state index is 12.2. The lowest BCUT2D eigenvalue weighted by Gasteiger charge is -2.23. The number of hydrogen-bond donors (Lipinski definition) is 2. The Morgan fingerprint density at radius 3 is 2.50 bits per heavy atom. The Morgan fingerprint density at radius 1 is 1.32 bits per heavy atom. The van der Waals surface area contributed by atoms with Gasteiger partial charge in [0.15, 0.2) is 0 Å². The molecule has 1 unspecified atom stereocenters. The van der Waals surface area contributed by atoms with E-state index in [0.29, 0.717) is 13.0 Å².